The van der Waals surface area contributed by atoms with E-state index >= 15 is 0 Å². The maximum absolute atomic E-state index is 6.05. The zero-order chi connectivity index (χ0) is 16.1. The Bertz CT molecular complexity index is 760. The van der Waals surface area contributed by atoms with Gasteiger partial charge in [0, 0.05) is 11.3 Å². The number of para-hydroxylation sites is 1. The molecule has 0 fully saturated rings. The van der Waals surface area contributed by atoms with Crippen LogP contribution in [0.4, 0.5) is 0 Å². The maximum Gasteiger partial charge on any atom is 0.208 e. The normalized spacial score (nSPS) is 10.7. The Labute approximate surface area is 148 Å². The number of H-pyrrole nitrogens is 1. The topological polar surface area (TPSA) is 50.8 Å². The van der Waals surface area contributed by atoms with Gasteiger partial charge in [0.15, 0.2) is 11.6 Å². The van der Waals surface area contributed by atoms with Crippen molar-refractivity contribution in [1.29, 1.82) is 0 Å². The van der Waals surface area contributed by atoms with Crippen LogP contribution < -0.4 is 4.74 Å². The Morgan fingerprint density at radius 1 is 1.00 bits per heavy atom. The Kier molecular flexibility index (Phi) is 5.43. The summed E-state index contributed by atoms with van der Waals surface area (Å²) < 4.78 is 5.63. The van der Waals surface area contributed by atoms with E-state index in [0.717, 1.165) is 11.4 Å². The van der Waals surface area contributed by atoms with Crippen molar-refractivity contribution in [1.82, 2.24) is 15.2 Å². The summed E-state index contributed by atoms with van der Waals surface area (Å²) in [5.41, 5.74) is 1.01. The number of rotatable bonds is 6. The minimum Gasteiger partial charge on any atom is -0.490 e. The Balaban J connectivity index is 1.53. The van der Waals surface area contributed by atoms with Crippen LogP contribution in [-0.4, -0.2) is 27.5 Å². The molecule has 0 atom stereocenters. The quantitative estimate of drug-likeness (QED) is 0.495. The van der Waals surface area contributed by atoms with Crippen LogP contribution in [0.25, 0.3) is 11.4 Å². The highest BCUT2D eigenvalue weighted by molar-refractivity contribution is 7.99. The van der Waals surface area contributed by atoms with Crippen LogP contribution >= 0.6 is 35.0 Å². The molecular formula is C16H13Cl2N3OS. The third-order valence-electron chi connectivity index (χ3n) is 2.99. The first-order chi connectivity index (χ1) is 11.2. The van der Waals surface area contributed by atoms with Gasteiger partial charge in [0.05, 0.1) is 16.7 Å². The maximum atomic E-state index is 6.05. The monoisotopic (exact) mass is 365 g/mol. The van der Waals surface area contributed by atoms with Crippen molar-refractivity contribution in [3.8, 4) is 17.1 Å². The zero-order valence-electron chi connectivity index (χ0n) is 12.0. The molecule has 3 aromatic rings. The number of hydrogen-bond acceptors (Lipinski definition) is 4. The molecule has 0 spiro atoms. The van der Waals surface area contributed by atoms with Gasteiger partial charge < -0.3 is 4.74 Å². The SMILES string of the molecule is Clc1cccc(Cl)c1OCCSc1n[nH]c(-c2ccccc2)n1. The second-order valence-corrected chi connectivity index (χ2v) is 6.46. The molecule has 0 radical (unpaired) electrons. The van der Waals surface area contributed by atoms with Gasteiger partial charge in [-0.25, -0.2) is 4.98 Å². The number of halogens is 2. The summed E-state index contributed by atoms with van der Waals surface area (Å²) in [5, 5.41) is 8.82. The molecule has 0 saturated carbocycles. The van der Waals surface area contributed by atoms with Crippen molar-refractivity contribution in [2.75, 3.05) is 12.4 Å². The fourth-order valence-corrected chi connectivity index (χ4v) is 3.06. The highest BCUT2D eigenvalue weighted by atomic mass is 35.5. The number of nitrogens with zero attached hydrogens (tertiary/aromatic N) is 2. The molecule has 1 aromatic heterocycles. The number of nitrogens with one attached hydrogen (secondary N) is 1. The highest BCUT2D eigenvalue weighted by Gasteiger charge is 2.08. The van der Waals surface area contributed by atoms with Crippen molar-refractivity contribution in [2.24, 2.45) is 0 Å². The lowest BCUT2D eigenvalue weighted by atomic mass is 10.2. The largest absolute Gasteiger partial charge is 0.490 e. The van der Waals surface area contributed by atoms with E-state index in [1.807, 2.05) is 30.3 Å². The standard InChI is InChI=1S/C16H13Cl2N3OS/c17-12-7-4-8-13(18)14(12)22-9-10-23-16-19-15(20-21-16)11-5-2-1-3-6-11/h1-8H,9-10H2,(H,19,20,21). The van der Waals surface area contributed by atoms with Gasteiger partial charge >= 0.3 is 0 Å². The van der Waals surface area contributed by atoms with Crippen molar-refractivity contribution < 1.29 is 4.74 Å². The van der Waals surface area contributed by atoms with Crippen molar-refractivity contribution in [3.63, 3.8) is 0 Å². The number of aromatic nitrogens is 3. The number of aromatic amines is 1. The summed E-state index contributed by atoms with van der Waals surface area (Å²) in [6.45, 7) is 0.462. The first kappa shape index (κ1) is 16.2. The van der Waals surface area contributed by atoms with Gasteiger partial charge in [-0.3, -0.25) is 5.10 Å². The summed E-state index contributed by atoms with van der Waals surface area (Å²) in [6, 6.07) is 15.1. The van der Waals surface area contributed by atoms with Crippen molar-refractivity contribution >= 4 is 35.0 Å². The summed E-state index contributed by atoms with van der Waals surface area (Å²) in [5.74, 6) is 1.95. The molecule has 7 heteroatoms. The first-order valence-corrected chi connectivity index (χ1v) is 8.65. The fraction of sp³-hybridized carbons (Fsp3) is 0.125. The molecule has 0 amide bonds. The summed E-state index contributed by atoms with van der Waals surface area (Å²) in [6.07, 6.45) is 0. The predicted molar refractivity (Wildman–Crippen MR) is 94.5 cm³/mol. The summed E-state index contributed by atoms with van der Waals surface area (Å²) in [7, 11) is 0. The van der Waals surface area contributed by atoms with Crippen LogP contribution in [0.15, 0.2) is 53.7 Å². The van der Waals surface area contributed by atoms with E-state index in [4.69, 9.17) is 27.9 Å². The van der Waals surface area contributed by atoms with Gasteiger partial charge in [0.2, 0.25) is 5.16 Å². The minimum atomic E-state index is 0.462. The lowest BCUT2D eigenvalue weighted by Gasteiger charge is -2.08. The third-order valence-corrected chi connectivity index (χ3v) is 4.40. The molecule has 4 nitrogen and oxygen atoms in total. The molecule has 3 rings (SSSR count). The van der Waals surface area contributed by atoms with Crippen molar-refractivity contribution in [2.45, 2.75) is 5.16 Å². The molecule has 0 aliphatic rings. The number of benzene rings is 2. The summed E-state index contributed by atoms with van der Waals surface area (Å²) >= 11 is 13.6. The molecule has 0 aliphatic heterocycles. The Hall–Kier alpha value is -1.69. The minimum absolute atomic E-state index is 0.462. The lowest BCUT2D eigenvalue weighted by molar-refractivity contribution is 0.344. The van der Waals surface area contributed by atoms with Gasteiger partial charge in [-0.1, -0.05) is 71.4 Å². The lowest BCUT2D eigenvalue weighted by Crippen LogP contribution is -2.01. The van der Waals surface area contributed by atoms with E-state index < -0.39 is 0 Å². The Morgan fingerprint density at radius 3 is 2.48 bits per heavy atom. The van der Waals surface area contributed by atoms with E-state index in [9.17, 15) is 0 Å². The smallest absolute Gasteiger partial charge is 0.208 e. The molecule has 1 heterocycles. The molecule has 2 aromatic carbocycles. The second kappa shape index (κ2) is 7.73. The third kappa shape index (κ3) is 4.19. The van der Waals surface area contributed by atoms with Gasteiger partial charge in [-0.15, -0.1) is 5.10 Å². The number of ether oxygens (including phenoxy) is 1. The highest BCUT2D eigenvalue weighted by Crippen LogP contribution is 2.32. The predicted octanol–water partition coefficient (Wildman–Crippen LogP) is 4.95. The van der Waals surface area contributed by atoms with Crippen LogP contribution in [0.3, 0.4) is 0 Å². The van der Waals surface area contributed by atoms with E-state index in [-0.39, 0.29) is 0 Å². The van der Waals surface area contributed by atoms with Crippen molar-refractivity contribution in [3.05, 3.63) is 58.6 Å². The van der Waals surface area contributed by atoms with E-state index in [0.29, 0.717) is 33.3 Å². The number of thioether (sulfide) groups is 1. The first-order valence-electron chi connectivity index (χ1n) is 6.91. The van der Waals surface area contributed by atoms with Gasteiger partial charge in [-0.05, 0) is 12.1 Å². The molecule has 0 aliphatic carbocycles. The van der Waals surface area contributed by atoms with Crippen LogP contribution in [0.2, 0.25) is 10.0 Å². The van der Waals surface area contributed by atoms with E-state index in [1.54, 1.807) is 18.2 Å². The second-order valence-electron chi connectivity index (χ2n) is 4.58. The van der Waals surface area contributed by atoms with Crippen LogP contribution in [0.1, 0.15) is 0 Å². The molecule has 23 heavy (non-hydrogen) atoms. The van der Waals surface area contributed by atoms with E-state index in [1.165, 1.54) is 11.8 Å². The fourth-order valence-electron chi connectivity index (χ4n) is 1.93. The Morgan fingerprint density at radius 2 is 1.74 bits per heavy atom. The van der Waals surface area contributed by atoms with Gasteiger partial charge in [0.1, 0.15) is 0 Å². The van der Waals surface area contributed by atoms with Gasteiger partial charge in [-0.2, -0.15) is 0 Å². The molecule has 1 N–H and O–H groups in total. The average molecular weight is 366 g/mol. The molecule has 0 saturated heterocycles. The average Bonchev–Trinajstić information content (AvgIpc) is 3.03. The number of hydrogen-bond donors (Lipinski definition) is 1. The molecule has 0 unspecified atom stereocenters. The van der Waals surface area contributed by atoms with Gasteiger partial charge in [0.25, 0.3) is 0 Å². The summed E-state index contributed by atoms with van der Waals surface area (Å²) in [4.78, 5) is 4.45. The van der Waals surface area contributed by atoms with Crippen LogP contribution in [-0.2, 0) is 0 Å². The van der Waals surface area contributed by atoms with Crippen LogP contribution in [0, 0.1) is 0 Å². The molecule has 118 valence electrons. The molecule has 0 bridgehead atoms. The molecular weight excluding hydrogens is 353 g/mol. The van der Waals surface area contributed by atoms with Crippen LogP contribution in [0.5, 0.6) is 5.75 Å². The zero-order valence-corrected chi connectivity index (χ0v) is 14.3. The van der Waals surface area contributed by atoms with E-state index in [2.05, 4.69) is 15.2 Å².